The molecule has 13 heteroatoms. The summed E-state index contributed by atoms with van der Waals surface area (Å²) in [4.78, 5) is 42.0. The number of nitrogens with one attached hydrogen (secondary N) is 2. The summed E-state index contributed by atoms with van der Waals surface area (Å²) in [6, 6.07) is 11.6. The predicted octanol–water partition coefficient (Wildman–Crippen LogP) is 1.73. The molecule has 1 aliphatic carbocycles. The van der Waals surface area contributed by atoms with Crippen molar-refractivity contribution in [3.05, 3.63) is 93.9 Å². The maximum Gasteiger partial charge on any atom is 0.335 e. The lowest BCUT2D eigenvalue weighted by Gasteiger charge is -2.16. The molecule has 0 fully saturated rings. The molecule has 0 bridgehead atoms. The van der Waals surface area contributed by atoms with Crippen molar-refractivity contribution in [3.63, 3.8) is 0 Å². The number of nitrogens with zero attached hydrogens (tertiary/aromatic N) is 3. The molecule has 1 aliphatic rings. The van der Waals surface area contributed by atoms with Gasteiger partial charge in [-0.2, -0.15) is 5.10 Å². The van der Waals surface area contributed by atoms with Gasteiger partial charge in [0, 0.05) is 18.7 Å². The third-order valence-corrected chi connectivity index (χ3v) is 7.69. The maximum atomic E-state index is 13.4. The van der Waals surface area contributed by atoms with Crippen LogP contribution < -0.4 is 15.8 Å². The van der Waals surface area contributed by atoms with E-state index in [-0.39, 0.29) is 34.4 Å². The van der Waals surface area contributed by atoms with E-state index >= 15 is 0 Å². The second-order valence-corrected chi connectivity index (χ2v) is 10.7. The Bertz CT molecular complexity index is 1750. The molecule has 5 N–H and O–H groups in total. The standard InChI is InChI=1S/C26H24N6O6S/c1-14-17-8-9-20(19(17)7-6-18(14)26(35)36)31-25(34)22-12-21(30-23-10-11-29-32(22)23)24(33)28-13-15-2-4-16(5-3-15)39(27,37)38/h2-7,10-12,20H,8-9,13H2,1H3,(H,28,33)(H,31,34)(H,35,36)(H2,27,37,38)/t20-/m0/s1. The number of fused-ring (bicyclic) bond motifs is 2. The van der Waals surface area contributed by atoms with Crippen molar-refractivity contribution >= 4 is 33.5 Å². The van der Waals surface area contributed by atoms with Gasteiger partial charge in [0.1, 0.15) is 11.4 Å². The molecule has 2 aromatic carbocycles. The third-order valence-electron chi connectivity index (χ3n) is 6.76. The van der Waals surface area contributed by atoms with Crippen molar-refractivity contribution in [3.8, 4) is 0 Å². The Morgan fingerprint density at radius 2 is 1.85 bits per heavy atom. The molecule has 39 heavy (non-hydrogen) atoms. The zero-order chi connectivity index (χ0) is 27.9. The molecule has 2 amide bonds. The van der Waals surface area contributed by atoms with Gasteiger partial charge in [0.15, 0.2) is 5.65 Å². The molecule has 0 aliphatic heterocycles. The van der Waals surface area contributed by atoms with Crippen LogP contribution >= 0.6 is 0 Å². The van der Waals surface area contributed by atoms with Gasteiger partial charge >= 0.3 is 5.97 Å². The topological polar surface area (TPSA) is 186 Å². The van der Waals surface area contributed by atoms with Gasteiger partial charge in [0.05, 0.1) is 22.7 Å². The summed E-state index contributed by atoms with van der Waals surface area (Å²) in [6.45, 7) is 1.86. The fourth-order valence-electron chi connectivity index (χ4n) is 4.75. The van der Waals surface area contributed by atoms with Crippen LogP contribution in [0.5, 0.6) is 0 Å². The molecule has 2 aromatic heterocycles. The van der Waals surface area contributed by atoms with Gasteiger partial charge < -0.3 is 15.7 Å². The smallest absolute Gasteiger partial charge is 0.335 e. The number of carbonyl (C=O) groups is 3. The molecule has 1 atom stereocenters. The zero-order valence-electron chi connectivity index (χ0n) is 20.7. The molecular weight excluding hydrogens is 524 g/mol. The maximum absolute atomic E-state index is 13.4. The molecule has 0 saturated heterocycles. The molecule has 0 spiro atoms. The second kappa shape index (κ2) is 9.93. The lowest BCUT2D eigenvalue weighted by atomic mass is 9.98. The first-order valence-electron chi connectivity index (χ1n) is 11.9. The molecule has 2 heterocycles. The zero-order valence-corrected chi connectivity index (χ0v) is 21.5. The highest BCUT2D eigenvalue weighted by Crippen LogP contribution is 2.35. The quantitative estimate of drug-likeness (QED) is 0.269. The number of carboxylic acid groups (broad SMARTS) is 1. The number of hydrogen-bond acceptors (Lipinski definition) is 7. The Hall–Kier alpha value is -4.62. The molecule has 0 radical (unpaired) electrons. The number of sulfonamides is 1. The van der Waals surface area contributed by atoms with Crippen LogP contribution in [0.15, 0.2) is 59.6 Å². The van der Waals surface area contributed by atoms with Crippen LogP contribution in [0.4, 0.5) is 0 Å². The number of nitrogens with two attached hydrogens (primary N) is 1. The van der Waals surface area contributed by atoms with E-state index in [2.05, 4.69) is 20.7 Å². The highest BCUT2D eigenvalue weighted by atomic mass is 32.2. The number of hydrogen-bond donors (Lipinski definition) is 4. The van der Waals surface area contributed by atoms with Crippen LogP contribution in [0.1, 0.15) is 66.1 Å². The van der Waals surface area contributed by atoms with Crippen molar-refractivity contribution in [2.75, 3.05) is 0 Å². The van der Waals surface area contributed by atoms with Crippen LogP contribution in [0.2, 0.25) is 0 Å². The Morgan fingerprint density at radius 1 is 1.10 bits per heavy atom. The van der Waals surface area contributed by atoms with Crippen LogP contribution in [-0.4, -0.2) is 45.9 Å². The minimum absolute atomic E-state index is 0.00285. The molecule has 4 aromatic rings. The van der Waals surface area contributed by atoms with Gasteiger partial charge in [0.25, 0.3) is 11.8 Å². The minimum atomic E-state index is -3.82. The van der Waals surface area contributed by atoms with Crippen molar-refractivity contribution in [1.29, 1.82) is 0 Å². The first-order valence-corrected chi connectivity index (χ1v) is 13.5. The summed E-state index contributed by atoms with van der Waals surface area (Å²) in [5, 5.41) is 24.4. The van der Waals surface area contributed by atoms with Crippen molar-refractivity contribution in [2.24, 2.45) is 5.14 Å². The van der Waals surface area contributed by atoms with Crippen LogP contribution in [-0.2, 0) is 23.0 Å². The molecule has 12 nitrogen and oxygen atoms in total. The average Bonchev–Trinajstić information content (AvgIpc) is 3.54. The number of benzene rings is 2. The van der Waals surface area contributed by atoms with E-state index < -0.39 is 27.8 Å². The monoisotopic (exact) mass is 548 g/mol. The Kier molecular flexibility index (Phi) is 6.62. The van der Waals surface area contributed by atoms with Crippen LogP contribution in [0.3, 0.4) is 0 Å². The number of carbonyl (C=O) groups excluding carboxylic acids is 2. The Balaban J connectivity index is 1.35. The lowest BCUT2D eigenvalue weighted by molar-refractivity contribution is 0.0695. The number of carboxylic acids is 1. The summed E-state index contributed by atoms with van der Waals surface area (Å²) in [7, 11) is -3.82. The van der Waals surface area contributed by atoms with Crippen molar-refractivity contribution < 1.29 is 27.9 Å². The van der Waals surface area contributed by atoms with Crippen molar-refractivity contribution in [2.45, 2.75) is 37.2 Å². The van der Waals surface area contributed by atoms with Gasteiger partial charge in [-0.05, 0) is 60.2 Å². The number of primary sulfonamides is 1. The van der Waals surface area contributed by atoms with Gasteiger partial charge in [-0.3, -0.25) is 9.59 Å². The number of aromatic nitrogens is 3. The van der Waals surface area contributed by atoms with Crippen LogP contribution in [0, 0.1) is 6.92 Å². The van der Waals surface area contributed by atoms with E-state index in [1.807, 2.05) is 0 Å². The first-order chi connectivity index (χ1) is 18.5. The van der Waals surface area contributed by atoms with E-state index in [9.17, 15) is 27.9 Å². The highest BCUT2D eigenvalue weighted by molar-refractivity contribution is 7.89. The summed E-state index contributed by atoms with van der Waals surface area (Å²) in [5.74, 6) is -1.99. The SMILES string of the molecule is Cc1c(C(=O)O)ccc2c1CC[C@@H]2NC(=O)c1cc(C(=O)NCc2ccc(S(N)(=O)=O)cc2)nc2ccnn12. The van der Waals surface area contributed by atoms with E-state index in [4.69, 9.17) is 5.14 Å². The van der Waals surface area contributed by atoms with E-state index in [0.29, 0.717) is 29.6 Å². The summed E-state index contributed by atoms with van der Waals surface area (Å²) in [6.07, 6.45) is 2.71. The summed E-state index contributed by atoms with van der Waals surface area (Å²) >= 11 is 0. The molecule has 0 saturated carbocycles. The fourth-order valence-corrected chi connectivity index (χ4v) is 5.27. The second-order valence-electron chi connectivity index (χ2n) is 9.18. The normalized spacial score (nSPS) is 14.7. The molecule has 5 rings (SSSR count). The van der Waals surface area contributed by atoms with E-state index in [1.165, 1.54) is 41.0 Å². The third kappa shape index (κ3) is 5.09. The fraction of sp³-hybridized carbons (Fsp3) is 0.192. The first kappa shape index (κ1) is 26.0. The summed E-state index contributed by atoms with van der Waals surface area (Å²) < 4.78 is 24.2. The van der Waals surface area contributed by atoms with E-state index in [1.54, 1.807) is 25.1 Å². The minimum Gasteiger partial charge on any atom is -0.478 e. The molecular formula is C26H24N6O6S. The van der Waals surface area contributed by atoms with Gasteiger partial charge in [-0.1, -0.05) is 18.2 Å². The lowest BCUT2D eigenvalue weighted by Crippen LogP contribution is -2.30. The van der Waals surface area contributed by atoms with Gasteiger partial charge in [0.2, 0.25) is 10.0 Å². The number of amides is 2. The Labute approximate surface area is 222 Å². The van der Waals surface area contributed by atoms with Gasteiger partial charge in [-0.15, -0.1) is 0 Å². The molecule has 200 valence electrons. The van der Waals surface area contributed by atoms with E-state index in [0.717, 1.165) is 11.1 Å². The number of rotatable bonds is 7. The Morgan fingerprint density at radius 3 is 2.54 bits per heavy atom. The average molecular weight is 549 g/mol. The van der Waals surface area contributed by atoms with Crippen LogP contribution in [0.25, 0.3) is 5.65 Å². The van der Waals surface area contributed by atoms with Gasteiger partial charge in [-0.25, -0.2) is 27.9 Å². The predicted molar refractivity (Wildman–Crippen MR) is 139 cm³/mol. The molecule has 0 unspecified atom stereocenters. The summed E-state index contributed by atoms with van der Waals surface area (Å²) in [5.41, 5.74) is 3.76. The number of aromatic carboxylic acids is 1. The highest BCUT2D eigenvalue weighted by Gasteiger charge is 2.28. The van der Waals surface area contributed by atoms with Crippen molar-refractivity contribution in [1.82, 2.24) is 25.2 Å². The largest absolute Gasteiger partial charge is 0.478 e.